The van der Waals surface area contributed by atoms with Gasteiger partial charge in [0.05, 0.1) is 17.5 Å². The van der Waals surface area contributed by atoms with Gasteiger partial charge in [-0.05, 0) is 53.0 Å². The van der Waals surface area contributed by atoms with Crippen molar-refractivity contribution < 1.29 is 14.7 Å². The molecule has 20 heavy (non-hydrogen) atoms. The van der Waals surface area contributed by atoms with Gasteiger partial charge in [-0.25, -0.2) is 0 Å². The number of aliphatic carboxylic acids is 1. The molecule has 2 aliphatic carbocycles. The number of carboxylic acid groups (broad SMARTS) is 1. The molecule has 1 amide bonds. The van der Waals surface area contributed by atoms with E-state index in [1.165, 1.54) is 0 Å². The zero-order valence-corrected chi connectivity index (χ0v) is 12.8. The van der Waals surface area contributed by atoms with E-state index in [0.717, 1.165) is 15.7 Å². The number of carbonyl (C=O) groups is 2. The second-order valence-corrected chi connectivity index (χ2v) is 6.47. The fourth-order valence-corrected chi connectivity index (χ4v) is 3.82. The van der Waals surface area contributed by atoms with Crippen molar-refractivity contribution in [3.05, 3.63) is 40.0 Å². The molecule has 0 unspecified atom stereocenters. The van der Waals surface area contributed by atoms with Gasteiger partial charge in [-0.1, -0.05) is 24.3 Å². The Morgan fingerprint density at radius 2 is 1.80 bits per heavy atom. The fraction of sp³-hybridized carbons (Fsp3) is 0.333. The van der Waals surface area contributed by atoms with Gasteiger partial charge >= 0.3 is 5.97 Å². The van der Waals surface area contributed by atoms with Crippen LogP contribution in [0.25, 0.3) is 0 Å². The quantitative estimate of drug-likeness (QED) is 0.623. The Labute approximate surface area is 130 Å². The van der Waals surface area contributed by atoms with Crippen molar-refractivity contribution >= 4 is 40.2 Å². The molecular weight excluding hydrogens is 369 g/mol. The lowest BCUT2D eigenvalue weighted by Gasteiger charge is -2.24. The Bertz CT molecular complexity index is 599. The molecular formula is C15H14INO3. The number of carboxylic acids is 1. The Kier molecular flexibility index (Phi) is 3.54. The van der Waals surface area contributed by atoms with Gasteiger partial charge in [0, 0.05) is 3.57 Å². The summed E-state index contributed by atoms with van der Waals surface area (Å²) in [5.74, 6) is -2.04. The molecule has 0 saturated heterocycles. The first-order chi connectivity index (χ1) is 9.58. The van der Waals surface area contributed by atoms with Gasteiger partial charge < -0.3 is 10.4 Å². The zero-order valence-electron chi connectivity index (χ0n) is 10.6. The topological polar surface area (TPSA) is 66.4 Å². The van der Waals surface area contributed by atoms with Crippen molar-refractivity contribution in [1.29, 1.82) is 0 Å². The third-order valence-electron chi connectivity index (χ3n) is 4.18. The van der Waals surface area contributed by atoms with E-state index in [9.17, 15) is 14.7 Å². The van der Waals surface area contributed by atoms with Crippen LogP contribution >= 0.6 is 22.6 Å². The average Bonchev–Trinajstić information content (AvgIpc) is 3.01. The summed E-state index contributed by atoms with van der Waals surface area (Å²) in [5.41, 5.74) is 0.744. The van der Waals surface area contributed by atoms with Crippen molar-refractivity contribution in [2.24, 2.45) is 23.7 Å². The molecule has 104 valence electrons. The van der Waals surface area contributed by atoms with Crippen LogP contribution in [0.4, 0.5) is 5.69 Å². The first-order valence-electron chi connectivity index (χ1n) is 6.54. The monoisotopic (exact) mass is 383 g/mol. The van der Waals surface area contributed by atoms with Gasteiger partial charge in [-0.15, -0.1) is 0 Å². The van der Waals surface area contributed by atoms with Gasteiger partial charge in [0.2, 0.25) is 5.91 Å². The van der Waals surface area contributed by atoms with E-state index in [1.54, 1.807) is 0 Å². The van der Waals surface area contributed by atoms with Crippen LogP contribution in [0.2, 0.25) is 0 Å². The van der Waals surface area contributed by atoms with Crippen molar-refractivity contribution in [3.8, 4) is 0 Å². The Morgan fingerprint density at radius 3 is 2.45 bits per heavy atom. The van der Waals surface area contributed by atoms with Gasteiger partial charge in [0.1, 0.15) is 0 Å². The van der Waals surface area contributed by atoms with Gasteiger partial charge in [-0.2, -0.15) is 0 Å². The molecule has 4 nitrogen and oxygen atoms in total. The maximum atomic E-state index is 12.5. The number of para-hydroxylation sites is 1. The third-order valence-corrected chi connectivity index (χ3v) is 5.12. The van der Waals surface area contributed by atoms with Crippen LogP contribution in [0.15, 0.2) is 36.4 Å². The lowest BCUT2D eigenvalue weighted by atomic mass is 9.82. The molecule has 0 aromatic heterocycles. The SMILES string of the molecule is O=C(Nc1ccccc1I)[C@@H]1[C@@H](C(=O)O)[C@H]2C=C[C@@H]1C2. The zero-order chi connectivity index (χ0) is 14.3. The molecule has 1 saturated carbocycles. The number of benzene rings is 1. The van der Waals surface area contributed by atoms with Crippen molar-refractivity contribution in [1.82, 2.24) is 0 Å². The van der Waals surface area contributed by atoms with Gasteiger partial charge in [0.15, 0.2) is 0 Å². The number of fused-ring (bicyclic) bond motifs is 2. The maximum Gasteiger partial charge on any atom is 0.307 e. The molecule has 0 radical (unpaired) electrons. The molecule has 1 fully saturated rings. The van der Waals surface area contributed by atoms with Crippen LogP contribution in [0.3, 0.4) is 0 Å². The Hall–Kier alpha value is -1.37. The first kappa shape index (κ1) is 13.6. The first-order valence-corrected chi connectivity index (χ1v) is 7.62. The summed E-state index contributed by atoms with van der Waals surface area (Å²) in [6, 6.07) is 7.49. The molecule has 2 N–H and O–H groups in total. The Balaban J connectivity index is 1.82. The lowest BCUT2D eigenvalue weighted by Crippen LogP contribution is -2.36. The van der Waals surface area contributed by atoms with E-state index in [-0.39, 0.29) is 17.7 Å². The van der Waals surface area contributed by atoms with E-state index in [1.807, 2.05) is 36.4 Å². The average molecular weight is 383 g/mol. The van der Waals surface area contributed by atoms with Crippen LogP contribution in [-0.4, -0.2) is 17.0 Å². The molecule has 1 aromatic carbocycles. The van der Waals surface area contributed by atoms with Gasteiger partial charge in [-0.3, -0.25) is 9.59 Å². The van der Waals surface area contributed by atoms with E-state index < -0.39 is 17.8 Å². The number of amides is 1. The lowest BCUT2D eigenvalue weighted by molar-refractivity contribution is -0.146. The molecule has 4 atom stereocenters. The number of anilines is 1. The summed E-state index contributed by atoms with van der Waals surface area (Å²) in [6.07, 6.45) is 4.71. The van der Waals surface area contributed by atoms with E-state index in [0.29, 0.717) is 0 Å². The van der Waals surface area contributed by atoms with Gasteiger partial charge in [0.25, 0.3) is 0 Å². The minimum absolute atomic E-state index is 0.00287. The molecule has 2 bridgehead atoms. The number of halogens is 1. The Morgan fingerprint density at radius 1 is 1.15 bits per heavy atom. The largest absolute Gasteiger partial charge is 0.481 e. The molecule has 3 rings (SSSR count). The summed E-state index contributed by atoms with van der Waals surface area (Å²) in [7, 11) is 0. The summed E-state index contributed by atoms with van der Waals surface area (Å²) in [5, 5.41) is 12.2. The number of carbonyl (C=O) groups excluding carboxylic acids is 1. The van der Waals surface area contributed by atoms with Crippen molar-refractivity contribution in [2.75, 3.05) is 5.32 Å². The second kappa shape index (κ2) is 5.20. The number of allylic oxidation sites excluding steroid dienone is 2. The van der Waals surface area contributed by atoms with Crippen LogP contribution in [-0.2, 0) is 9.59 Å². The highest BCUT2D eigenvalue weighted by Crippen LogP contribution is 2.48. The highest BCUT2D eigenvalue weighted by Gasteiger charge is 2.51. The second-order valence-electron chi connectivity index (χ2n) is 5.31. The highest BCUT2D eigenvalue weighted by atomic mass is 127. The van der Waals surface area contributed by atoms with E-state index in [2.05, 4.69) is 27.9 Å². The van der Waals surface area contributed by atoms with E-state index >= 15 is 0 Å². The minimum atomic E-state index is -0.871. The molecule has 5 heteroatoms. The van der Waals surface area contributed by atoms with Crippen LogP contribution in [0.5, 0.6) is 0 Å². The molecule has 0 heterocycles. The van der Waals surface area contributed by atoms with E-state index in [4.69, 9.17) is 0 Å². The number of hydrogen-bond acceptors (Lipinski definition) is 2. The highest BCUT2D eigenvalue weighted by molar-refractivity contribution is 14.1. The standard InChI is InChI=1S/C15H14INO3/c16-10-3-1-2-4-11(10)17-14(18)12-8-5-6-9(7-8)13(12)15(19)20/h1-6,8-9,12-13H,7H2,(H,17,18)(H,19,20)/t8-,9+,12+,13+/m1/s1. The van der Waals surface area contributed by atoms with Crippen LogP contribution in [0.1, 0.15) is 6.42 Å². The molecule has 1 aromatic rings. The normalized spacial score (nSPS) is 30.4. The number of nitrogens with one attached hydrogen (secondary N) is 1. The number of hydrogen-bond donors (Lipinski definition) is 2. The summed E-state index contributed by atoms with van der Waals surface area (Å²) in [6.45, 7) is 0. The predicted octanol–water partition coefficient (Wildman–Crippen LogP) is 2.75. The van der Waals surface area contributed by atoms with Crippen molar-refractivity contribution in [2.45, 2.75) is 6.42 Å². The number of rotatable bonds is 3. The summed E-state index contributed by atoms with van der Waals surface area (Å²) < 4.78 is 0.948. The summed E-state index contributed by atoms with van der Waals surface area (Å²) in [4.78, 5) is 23.9. The maximum absolute atomic E-state index is 12.5. The minimum Gasteiger partial charge on any atom is -0.481 e. The molecule has 0 spiro atoms. The smallest absolute Gasteiger partial charge is 0.307 e. The predicted molar refractivity (Wildman–Crippen MR) is 83.1 cm³/mol. The van der Waals surface area contributed by atoms with Crippen molar-refractivity contribution in [3.63, 3.8) is 0 Å². The molecule has 0 aliphatic heterocycles. The summed E-state index contributed by atoms with van der Waals surface area (Å²) >= 11 is 2.15. The van der Waals surface area contributed by atoms with Crippen LogP contribution in [0, 0.1) is 27.2 Å². The third kappa shape index (κ3) is 2.24. The van der Waals surface area contributed by atoms with Crippen LogP contribution < -0.4 is 5.32 Å². The molecule has 2 aliphatic rings. The fourth-order valence-electron chi connectivity index (χ4n) is 3.29.